The highest BCUT2D eigenvalue weighted by atomic mass is 16.6. The Bertz CT molecular complexity index is 328. The van der Waals surface area contributed by atoms with Gasteiger partial charge in [0.15, 0.2) is 0 Å². The molecule has 0 bridgehead atoms. The van der Waals surface area contributed by atoms with Crippen LogP contribution in [0.25, 0.3) is 0 Å². The molecular weight excluding hydrogens is 304 g/mol. The average molecular weight is 343 g/mol. The summed E-state index contributed by atoms with van der Waals surface area (Å²) < 4.78 is 10.4. The molecule has 4 nitrogen and oxygen atoms in total. The van der Waals surface area contributed by atoms with E-state index in [0.29, 0.717) is 0 Å². The number of carbonyl (C=O) groups excluding carboxylic acids is 2. The van der Waals surface area contributed by atoms with Crippen molar-refractivity contribution >= 4 is 11.9 Å². The smallest absolute Gasteiger partial charge is 0.303 e. The molecule has 0 saturated carbocycles. The quantitative estimate of drug-likeness (QED) is 0.288. The molecule has 0 spiro atoms. The van der Waals surface area contributed by atoms with E-state index < -0.39 is 0 Å². The van der Waals surface area contributed by atoms with Crippen molar-refractivity contribution in [2.45, 2.75) is 117 Å². The van der Waals surface area contributed by atoms with Gasteiger partial charge in [-0.25, -0.2) is 0 Å². The van der Waals surface area contributed by atoms with Crippen LogP contribution in [0.5, 0.6) is 0 Å². The van der Waals surface area contributed by atoms with Crippen molar-refractivity contribution in [3.8, 4) is 0 Å². The predicted molar refractivity (Wildman–Crippen MR) is 97.9 cm³/mol. The van der Waals surface area contributed by atoms with Crippen molar-refractivity contribution in [1.29, 1.82) is 0 Å². The highest BCUT2D eigenvalue weighted by Crippen LogP contribution is 2.16. The van der Waals surface area contributed by atoms with Gasteiger partial charge < -0.3 is 9.47 Å². The van der Waals surface area contributed by atoms with Crippen molar-refractivity contribution in [3.05, 3.63) is 0 Å². The van der Waals surface area contributed by atoms with E-state index in [2.05, 4.69) is 6.92 Å². The largest absolute Gasteiger partial charge is 0.459 e. The maximum atomic E-state index is 11.2. The molecule has 0 aliphatic carbocycles. The second-order valence-corrected chi connectivity index (χ2v) is 6.79. The Hall–Kier alpha value is -1.06. The highest BCUT2D eigenvalue weighted by Gasteiger charge is 2.22. The highest BCUT2D eigenvalue weighted by molar-refractivity contribution is 5.67. The third kappa shape index (κ3) is 14.5. The fourth-order valence-corrected chi connectivity index (χ4v) is 2.95. The van der Waals surface area contributed by atoms with E-state index >= 15 is 0 Å². The standard InChI is InChI=1S/C20H38O4/c1-5-6-7-8-9-10-11-12-13-14-15-16-20(24-19(4)22)17(2)23-18(3)21/h17,20H,5-16H2,1-4H3. The first-order valence-corrected chi connectivity index (χ1v) is 9.81. The molecule has 142 valence electrons. The van der Waals surface area contributed by atoms with E-state index in [9.17, 15) is 9.59 Å². The van der Waals surface area contributed by atoms with Crippen molar-refractivity contribution in [2.75, 3.05) is 0 Å². The van der Waals surface area contributed by atoms with Crippen LogP contribution in [0.1, 0.15) is 105 Å². The van der Waals surface area contributed by atoms with Crippen LogP contribution in [0.4, 0.5) is 0 Å². The second kappa shape index (κ2) is 15.5. The minimum Gasteiger partial charge on any atom is -0.459 e. The lowest BCUT2D eigenvalue weighted by molar-refractivity contribution is -0.164. The molecule has 0 radical (unpaired) electrons. The van der Waals surface area contributed by atoms with Crippen molar-refractivity contribution in [2.24, 2.45) is 0 Å². The van der Waals surface area contributed by atoms with Crippen molar-refractivity contribution in [3.63, 3.8) is 0 Å². The summed E-state index contributed by atoms with van der Waals surface area (Å²) in [4.78, 5) is 22.2. The molecule has 0 heterocycles. The van der Waals surface area contributed by atoms with Crippen LogP contribution in [0.3, 0.4) is 0 Å². The number of carbonyl (C=O) groups is 2. The van der Waals surface area contributed by atoms with Gasteiger partial charge in [-0.15, -0.1) is 0 Å². The molecule has 0 aliphatic rings. The van der Waals surface area contributed by atoms with E-state index in [1.54, 1.807) is 6.92 Å². The van der Waals surface area contributed by atoms with E-state index in [-0.39, 0.29) is 24.1 Å². The van der Waals surface area contributed by atoms with Crippen LogP contribution in [-0.2, 0) is 19.1 Å². The summed E-state index contributed by atoms with van der Waals surface area (Å²) in [6.45, 7) is 6.81. The topological polar surface area (TPSA) is 52.6 Å². The number of esters is 2. The summed E-state index contributed by atoms with van der Waals surface area (Å²) in [6, 6.07) is 0. The van der Waals surface area contributed by atoms with E-state index in [0.717, 1.165) is 19.3 Å². The minimum atomic E-state index is -0.380. The van der Waals surface area contributed by atoms with Gasteiger partial charge in [0.2, 0.25) is 0 Å². The molecule has 0 rings (SSSR count). The lowest BCUT2D eigenvalue weighted by atomic mass is 10.0. The van der Waals surface area contributed by atoms with E-state index in [1.807, 2.05) is 0 Å². The van der Waals surface area contributed by atoms with Crippen LogP contribution in [0.15, 0.2) is 0 Å². The van der Waals surface area contributed by atoms with Gasteiger partial charge in [0.1, 0.15) is 12.2 Å². The number of unbranched alkanes of at least 4 members (excludes halogenated alkanes) is 10. The zero-order valence-corrected chi connectivity index (χ0v) is 16.3. The molecule has 0 aromatic carbocycles. The fourth-order valence-electron chi connectivity index (χ4n) is 2.95. The summed E-state index contributed by atoms with van der Waals surface area (Å²) in [5.74, 6) is -0.652. The summed E-state index contributed by atoms with van der Waals surface area (Å²) in [6.07, 6.45) is 14.2. The van der Waals surface area contributed by atoms with Gasteiger partial charge in [0, 0.05) is 13.8 Å². The number of hydrogen-bond donors (Lipinski definition) is 0. The summed E-state index contributed by atoms with van der Waals surface area (Å²) in [5, 5.41) is 0. The molecule has 4 heteroatoms. The Balaban J connectivity index is 3.69. The van der Waals surface area contributed by atoms with Crippen LogP contribution in [0.2, 0.25) is 0 Å². The van der Waals surface area contributed by atoms with E-state index in [4.69, 9.17) is 9.47 Å². The Morgan fingerprint density at radius 3 is 1.54 bits per heavy atom. The second-order valence-electron chi connectivity index (χ2n) is 6.79. The van der Waals surface area contributed by atoms with Gasteiger partial charge in [-0.2, -0.15) is 0 Å². The van der Waals surface area contributed by atoms with Crippen LogP contribution >= 0.6 is 0 Å². The first kappa shape index (κ1) is 22.9. The number of hydrogen-bond acceptors (Lipinski definition) is 4. The first-order valence-electron chi connectivity index (χ1n) is 9.81. The molecule has 0 saturated heterocycles. The summed E-state index contributed by atoms with van der Waals surface area (Å²) in [5.41, 5.74) is 0. The molecule has 0 aromatic rings. The lowest BCUT2D eigenvalue weighted by Gasteiger charge is -2.23. The Morgan fingerprint density at radius 1 is 0.708 bits per heavy atom. The number of ether oxygens (including phenoxy) is 2. The fraction of sp³-hybridized carbons (Fsp3) is 0.900. The molecule has 0 aliphatic heterocycles. The monoisotopic (exact) mass is 342 g/mol. The molecule has 0 fully saturated rings. The molecule has 0 N–H and O–H groups in total. The van der Waals surface area contributed by atoms with Gasteiger partial charge in [-0.05, 0) is 19.8 Å². The summed E-state index contributed by atoms with van der Waals surface area (Å²) >= 11 is 0. The lowest BCUT2D eigenvalue weighted by Crippen LogP contribution is -2.32. The van der Waals surface area contributed by atoms with Crippen LogP contribution < -0.4 is 0 Å². The zero-order chi connectivity index (χ0) is 18.2. The average Bonchev–Trinajstić information content (AvgIpc) is 2.50. The molecule has 2 unspecified atom stereocenters. The molecular formula is C20H38O4. The normalized spacial score (nSPS) is 13.3. The van der Waals surface area contributed by atoms with Gasteiger partial charge in [-0.1, -0.05) is 71.1 Å². The minimum absolute atomic E-state index is 0.318. The third-order valence-electron chi connectivity index (χ3n) is 4.28. The Kier molecular flexibility index (Phi) is 14.8. The van der Waals surface area contributed by atoms with Gasteiger partial charge >= 0.3 is 11.9 Å². The maximum absolute atomic E-state index is 11.2. The van der Waals surface area contributed by atoms with Gasteiger partial charge in [0.05, 0.1) is 0 Å². The van der Waals surface area contributed by atoms with Crippen molar-refractivity contribution < 1.29 is 19.1 Å². The Morgan fingerprint density at radius 2 is 1.12 bits per heavy atom. The Labute approximate surface area is 148 Å². The third-order valence-corrected chi connectivity index (χ3v) is 4.28. The van der Waals surface area contributed by atoms with E-state index in [1.165, 1.54) is 71.6 Å². The van der Waals surface area contributed by atoms with Crippen LogP contribution in [-0.4, -0.2) is 24.1 Å². The first-order chi connectivity index (χ1) is 11.5. The number of rotatable bonds is 15. The SMILES string of the molecule is CCCCCCCCCCCCCC(OC(C)=O)C(C)OC(C)=O. The maximum Gasteiger partial charge on any atom is 0.303 e. The molecule has 24 heavy (non-hydrogen) atoms. The zero-order valence-electron chi connectivity index (χ0n) is 16.3. The summed E-state index contributed by atoms with van der Waals surface area (Å²) in [7, 11) is 0. The van der Waals surface area contributed by atoms with Gasteiger partial charge in [0.25, 0.3) is 0 Å². The molecule has 0 amide bonds. The predicted octanol–water partition coefficient (Wildman–Crippen LogP) is 5.57. The van der Waals surface area contributed by atoms with Gasteiger partial charge in [-0.3, -0.25) is 9.59 Å². The van der Waals surface area contributed by atoms with Crippen molar-refractivity contribution in [1.82, 2.24) is 0 Å². The molecule has 2 atom stereocenters. The van der Waals surface area contributed by atoms with Crippen LogP contribution in [0, 0.1) is 0 Å². The molecule has 0 aromatic heterocycles.